The Morgan fingerprint density at radius 2 is 2.05 bits per heavy atom. The second-order valence-corrected chi connectivity index (χ2v) is 6.58. The van der Waals surface area contributed by atoms with Gasteiger partial charge in [-0.15, -0.1) is 0 Å². The van der Waals surface area contributed by atoms with Gasteiger partial charge in [0.1, 0.15) is 0 Å². The molecule has 2 aliphatic rings. The van der Waals surface area contributed by atoms with Crippen molar-refractivity contribution in [3.63, 3.8) is 0 Å². The molecule has 0 spiro atoms. The average Bonchev–Trinajstić information content (AvgIpc) is 2.86. The number of rotatable bonds is 3. The van der Waals surface area contributed by atoms with Crippen LogP contribution in [0, 0.1) is 11.3 Å². The minimum atomic E-state index is -0.779. The molecule has 112 valence electrons. The molecule has 1 N–H and O–H groups in total. The molecule has 4 heteroatoms. The van der Waals surface area contributed by atoms with Crippen LogP contribution in [-0.4, -0.2) is 35.0 Å². The second-order valence-electron chi connectivity index (χ2n) is 6.58. The lowest BCUT2D eigenvalue weighted by atomic mass is 9.76. The standard InChI is InChI=1S/C17H21NO3/c1-11(2)17(16(20)21)7-8-18(10-17)15(19)14-9-12-5-3-4-6-13(12)14/h3-6,11,14H,7-10H2,1-2H3,(H,20,21). The van der Waals surface area contributed by atoms with Crippen molar-refractivity contribution in [1.29, 1.82) is 0 Å². The van der Waals surface area contributed by atoms with Crippen LogP contribution in [0.5, 0.6) is 0 Å². The quantitative estimate of drug-likeness (QED) is 0.928. The summed E-state index contributed by atoms with van der Waals surface area (Å²) in [6.07, 6.45) is 1.34. The van der Waals surface area contributed by atoms with E-state index in [1.165, 1.54) is 5.56 Å². The Balaban J connectivity index is 1.76. The number of hydrogen-bond donors (Lipinski definition) is 1. The van der Waals surface area contributed by atoms with E-state index in [0.717, 1.165) is 12.0 Å². The number of nitrogens with zero attached hydrogens (tertiary/aromatic N) is 1. The molecular formula is C17H21NO3. The Labute approximate surface area is 124 Å². The highest BCUT2D eigenvalue weighted by Crippen LogP contribution is 2.42. The molecule has 2 unspecified atom stereocenters. The van der Waals surface area contributed by atoms with Gasteiger partial charge in [-0.1, -0.05) is 38.1 Å². The number of amides is 1. The first-order chi connectivity index (χ1) is 9.95. The summed E-state index contributed by atoms with van der Waals surface area (Å²) in [6, 6.07) is 8.00. The Morgan fingerprint density at radius 1 is 1.33 bits per heavy atom. The van der Waals surface area contributed by atoms with E-state index in [4.69, 9.17) is 0 Å². The van der Waals surface area contributed by atoms with E-state index in [-0.39, 0.29) is 17.7 Å². The van der Waals surface area contributed by atoms with Gasteiger partial charge in [-0.3, -0.25) is 9.59 Å². The smallest absolute Gasteiger partial charge is 0.311 e. The molecule has 1 aromatic carbocycles. The number of fused-ring (bicyclic) bond motifs is 1. The third-order valence-electron chi connectivity index (χ3n) is 5.30. The maximum absolute atomic E-state index is 12.7. The lowest BCUT2D eigenvalue weighted by Crippen LogP contribution is -2.43. The number of hydrogen-bond acceptors (Lipinski definition) is 2. The Bertz CT molecular complexity index is 595. The molecule has 3 rings (SSSR count). The summed E-state index contributed by atoms with van der Waals surface area (Å²) in [4.78, 5) is 26.1. The normalized spacial score (nSPS) is 27.4. The number of likely N-dealkylation sites (tertiary alicyclic amines) is 1. The van der Waals surface area contributed by atoms with Crippen molar-refractivity contribution < 1.29 is 14.7 Å². The van der Waals surface area contributed by atoms with E-state index < -0.39 is 11.4 Å². The van der Waals surface area contributed by atoms with Gasteiger partial charge in [0.2, 0.25) is 5.91 Å². The van der Waals surface area contributed by atoms with Crippen LogP contribution >= 0.6 is 0 Å². The maximum Gasteiger partial charge on any atom is 0.311 e. The van der Waals surface area contributed by atoms with Crippen LogP contribution in [-0.2, 0) is 16.0 Å². The van der Waals surface area contributed by atoms with Crippen molar-refractivity contribution in [2.75, 3.05) is 13.1 Å². The number of carboxylic acids is 1. The minimum absolute atomic E-state index is 0.0291. The van der Waals surface area contributed by atoms with Crippen molar-refractivity contribution in [1.82, 2.24) is 4.90 Å². The number of carbonyl (C=O) groups excluding carboxylic acids is 1. The molecule has 1 heterocycles. The molecule has 1 amide bonds. The van der Waals surface area contributed by atoms with Gasteiger partial charge in [-0.2, -0.15) is 0 Å². The van der Waals surface area contributed by atoms with Crippen molar-refractivity contribution >= 4 is 11.9 Å². The van der Waals surface area contributed by atoms with E-state index >= 15 is 0 Å². The minimum Gasteiger partial charge on any atom is -0.481 e. The first kappa shape index (κ1) is 14.1. The molecule has 1 aliphatic heterocycles. The topological polar surface area (TPSA) is 57.6 Å². The molecule has 1 aromatic rings. The predicted molar refractivity (Wildman–Crippen MR) is 79.0 cm³/mol. The summed E-state index contributed by atoms with van der Waals surface area (Å²) >= 11 is 0. The number of benzene rings is 1. The molecule has 1 fully saturated rings. The molecule has 1 saturated heterocycles. The fraction of sp³-hybridized carbons (Fsp3) is 0.529. The summed E-state index contributed by atoms with van der Waals surface area (Å²) in [7, 11) is 0. The van der Waals surface area contributed by atoms with Gasteiger partial charge in [0.15, 0.2) is 0 Å². The van der Waals surface area contributed by atoms with E-state index in [1.807, 2.05) is 32.0 Å². The lowest BCUT2D eigenvalue weighted by Gasteiger charge is -2.34. The zero-order chi connectivity index (χ0) is 15.2. The van der Waals surface area contributed by atoms with Gasteiger partial charge in [-0.25, -0.2) is 0 Å². The lowest BCUT2D eigenvalue weighted by molar-refractivity contribution is -0.151. The molecule has 4 nitrogen and oxygen atoms in total. The third kappa shape index (κ3) is 2.04. The third-order valence-corrected chi connectivity index (χ3v) is 5.30. The Morgan fingerprint density at radius 3 is 2.62 bits per heavy atom. The average molecular weight is 287 g/mol. The monoisotopic (exact) mass is 287 g/mol. The SMILES string of the molecule is CC(C)C1(C(=O)O)CCN(C(=O)C2Cc3ccccc32)C1. The fourth-order valence-corrected chi connectivity index (χ4v) is 3.61. The maximum atomic E-state index is 12.7. The molecule has 1 aliphatic carbocycles. The zero-order valence-electron chi connectivity index (χ0n) is 12.5. The van der Waals surface area contributed by atoms with Crippen LogP contribution in [0.2, 0.25) is 0 Å². The number of aliphatic carboxylic acids is 1. The van der Waals surface area contributed by atoms with Crippen molar-refractivity contribution in [2.24, 2.45) is 11.3 Å². The molecule has 0 aromatic heterocycles. The summed E-state index contributed by atoms with van der Waals surface area (Å²) < 4.78 is 0. The van der Waals surface area contributed by atoms with Gasteiger partial charge in [0, 0.05) is 13.1 Å². The van der Waals surface area contributed by atoms with Crippen LogP contribution in [0.4, 0.5) is 0 Å². The fourth-order valence-electron chi connectivity index (χ4n) is 3.61. The number of carboxylic acid groups (broad SMARTS) is 1. The second kappa shape index (κ2) is 4.86. The van der Waals surface area contributed by atoms with Gasteiger partial charge < -0.3 is 10.0 Å². The van der Waals surface area contributed by atoms with E-state index in [1.54, 1.807) is 4.90 Å². The molecule has 2 atom stereocenters. The number of carbonyl (C=O) groups is 2. The summed E-state index contributed by atoms with van der Waals surface area (Å²) in [5.41, 5.74) is 1.57. The first-order valence-corrected chi connectivity index (χ1v) is 7.55. The predicted octanol–water partition coefficient (Wildman–Crippen LogP) is 2.29. The summed E-state index contributed by atoms with van der Waals surface area (Å²) in [5.74, 6) is -0.723. The highest BCUT2D eigenvalue weighted by molar-refractivity contribution is 5.88. The Kier molecular flexibility index (Phi) is 3.27. The summed E-state index contributed by atoms with van der Waals surface area (Å²) in [6.45, 7) is 4.76. The van der Waals surface area contributed by atoms with Gasteiger partial charge in [-0.05, 0) is 29.9 Å². The van der Waals surface area contributed by atoms with Gasteiger partial charge >= 0.3 is 5.97 Å². The van der Waals surface area contributed by atoms with E-state index in [9.17, 15) is 14.7 Å². The van der Waals surface area contributed by atoms with Crippen LogP contribution in [0.15, 0.2) is 24.3 Å². The van der Waals surface area contributed by atoms with E-state index in [2.05, 4.69) is 6.07 Å². The molecular weight excluding hydrogens is 266 g/mol. The largest absolute Gasteiger partial charge is 0.481 e. The highest BCUT2D eigenvalue weighted by atomic mass is 16.4. The van der Waals surface area contributed by atoms with Crippen LogP contribution in [0.3, 0.4) is 0 Å². The molecule has 0 bridgehead atoms. The van der Waals surface area contributed by atoms with Crippen LogP contribution in [0.25, 0.3) is 0 Å². The van der Waals surface area contributed by atoms with Crippen LogP contribution < -0.4 is 0 Å². The van der Waals surface area contributed by atoms with E-state index in [0.29, 0.717) is 19.5 Å². The summed E-state index contributed by atoms with van der Waals surface area (Å²) in [5, 5.41) is 9.56. The van der Waals surface area contributed by atoms with Crippen molar-refractivity contribution in [3.05, 3.63) is 35.4 Å². The zero-order valence-corrected chi connectivity index (χ0v) is 12.5. The molecule has 0 saturated carbocycles. The van der Waals surface area contributed by atoms with Crippen molar-refractivity contribution in [2.45, 2.75) is 32.6 Å². The molecule has 0 radical (unpaired) electrons. The van der Waals surface area contributed by atoms with Gasteiger partial charge in [0.25, 0.3) is 0 Å². The highest BCUT2D eigenvalue weighted by Gasteiger charge is 2.49. The van der Waals surface area contributed by atoms with Gasteiger partial charge in [0.05, 0.1) is 11.3 Å². The first-order valence-electron chi connectivity index (χ1n) is 7.55. The Hall–Kier alpha value is -1.84. The van der Waals surface area contributed by atoms with Crippen molar-refractivity contribution in [3.8, 4) is 0 Å². The van der Waals surface area contributed by atoms with Crippen LogP contribution in [0.1, 0.15) is 37.3 Å². The molecule has 21 heavy (non-hydrogen) atoms.